The molecule has 0 amide bonds. The molecular formula is C23H41NO4S2. The third-order valence-corrected chi connectivity index (χ3v) is 9.87. The lowest BCUT2D eigenvalue weighted by Crippen LogP contribution is -2.57. The minimum Gasteiger partial charge on any atom is -0.458 e. The third-order valence-electron chi connectivity index (χ3n) is 6.22. The van der Waals surface area contributed by atoms with Crippen molar-refractivity contribution in [3.63, 3.8) is 0 Å². The fourth-order valence-electron chi connectivity index (χ4n) is 4.19. The first-order valence-corrected chi connectivity index (χ1v) is 13.7. The van der Waals surface area contributed by atoms with E-state index in [4.69, 9.17) is 10.5 Å². The van der Waals surface area contributed by atoms with Crippen LogP contribution in [-0.2, 0) is 9.53 Å². The van der Waals surface area contributed by atoms with Gasteiger partial charge in [-0.25, -0.2) is 4.79 Å². The summed E-state index contributed by atoms with van der Waals surface area (Å²) >= 11 is 4.41. The van der Waals surface area contributed by atoms with Crippen LogP contribution >= 0.6 is 23.5 Å². The molecule has 0 aliphatic carbocycles. The van der Waals surface area contributed by atoms with Crippen molar-refractivity contribution in [2.24, 2.45) is 5.73 Å². The summed E-state index contributed by atoms with van der Waals surface area (Å²) in [5.74, 6) is 1.91. The molecule has 0 radical (unpaired) electrons. The van der Waals surface area contributed by atoms with Gasteiger partial charge in [0.2, 0.25) is 0 Å². The number of thioether (sulfide) groups is 2. The van der Waals surface area contributed by atoms with Gasteiger partial charge in [-0.3, -0.25) is 0 Å². The number of esters is 1. The standard InChI is InChI=1S/C23H41NO4S2/c1-2-3-4-11-14-22(29-16-17-30-22)15-12-9-7-5-6-8-10-13-19-20(26)23(24,18-25)21(27)28-19/h8,10,19-20,25-26H,2-7,9,11-18,24H2,1H3/b10-8+/t19-,20+,23+/m1/s1. The summed E-state index contributed by atoms with van der Waals surface area (Å²) in [5, 5.41) is 19.3. The topological polar surface area (TPSA) is 92.8 Å². The second kappa shape index (κ2) is 13.4. The lowest BCUT2D eigenvalue weighted by atomic mass is 9.93. The summed E-state index contributed by atoms with van der Waals surface area (Å²) in [4.78, 5) is 11.7. The molecule has 2 heterocycles. The number of carbonyl (C=O) groups excluding carboxylic acids is 1. The highest BCUT2D eigenvalue weighted by atomic mass is 32.2. The first-order valence-electron chi connectivity index (χ1n) is 11.7. The Balaban J connectivity index is 1.55. The van der Waals surface area contributed by atoms with Crippen LogP contribution in [0, 0.1) is 0 Å². The normalized spacial score (nSPS) is 28.5. The summed E-state index contributed by atoms with van der Waals surface area (Å²) in [6.45, 7) is 1.67. The lowest BCUT2D eigenvalue weighted by Gasteiger charge is -2.27. The molecule has 0 unspecified atom stereocenters. The molecule has 0 aromatic heterocycles. The molecule has 2 aliphatic heterocycles. The smallest absolute Gasteiger partial charge is 0.331 e. The van der Waals surface area contributed by atoms with E-state index in [1.165, 1.54) is 69.3 Å². The zero-order valence-corrected chi connectivity index (χ0v) is 20.2. The zero-order valence-electron chi connectivity index (χ0n) is 18.5. The minimum absolute atomic E-state index is 0.431. The van der Waals surface area contributed by atoms with Gasteiger partial charge in [-0.05, 0) is 25.7 Å². The van der Waals surface area contributed by atoms with Crippen molar-refractivity contribution in [1.82, 2.24) is 0 Å². The Bertz CT molecular complexity index is 539. The molecule has 7 heteroatoms. The fourth-order valence-corrected chi connectivity index (χ4v) is 7.59. The molecule has 30 heavy (non-hydrogen) atoms. The molecule has 4 N–H and O–H groups in total. The van der Waals surface area contributed by atoms with E-state index in [9.17, 15) is 15.0 Å². The van der Waals surface area contributed by atoms with E-state index < -0.39 is 30.3 Å². The summed E-state index contributed by atoms with van der Waals surface area (Å²) in [6, 6.07) is 0. The predicted octanol–water partition coefficient (Wildman–Crippen LogP) is 4.40. The van der Waals surface area contributed by atoms with Gasteiger partial charge in [-0.1, -0.05) is 64.0 Å². The van der Waals surface area contributed by atoms with Crippen molar-refractivity contribution in [3.05, 3.63) is 12.2 Å². The quantitative estimate of drug-likeness (QED) is 0.190. The molecule has 0 saturated carbocycles. The molecule has 2 aliphatic rings. The van der Waals surface area contributed by atoms with Gasteiger partial charge in [-0.15, -0.1) is 23.5 Å². The van der Waals surface area contributed by atoms with Gasteiger partial charge in [-0.2, -0.15) is 0 Å². The van der Waals surface area contributed by atoms with Crippen LogP contribution in [0.15, 0.2) is 12.2 Å². The molecular weight excluding hydrogens is 418 g/mol. The maximum absolute atomic E-state index is 11.7. The van der Waals surface area contributed by atoms with Crippen LogP contribution in [0.4, 0.5) is 0 Å². The number of rotatable bonds is 15. The molecule has 3 atom stereocenters. The number of aliphatic hydroxyl groups is 2. The Hall–Kier alpha value is -0.210. The van der Waals surface area contributed by atoms with E-state index in [-0.39, 0.29) is 0 Å². The van der Waals surface area contributed by atoms with E-state index >= 15 is 0 Å². The van der Waals surface area contributed by atoms with Gasteiger partial charge in [0.05, 0.1) is 10.7 Å². The second-order valence-electron chi connectivity index (χ2n) is 8.67. The van der Waals surface area contributed by atoms with Crippen molar-refractivity contribution in [3.8, 4) is 0 Å². The number of aliphatic hydroxyl groups excluding tert-OH is 2. The van der Waals surface area contributed by atoms with Crippen LogP contribution in [0.25, 0.3) is 0 Å². The Morgan fingerprint density at radius 1 is 1.07 bits per heavy atom. The largest absolute Gasteiger partial charge is 0.458 e. The van der Waals surface area contributed by atoms with Gasteiger partial charge >= 0.3 is 5.97 Å². The number of hydrogen-bond acceptors (Lipinski definition) is 7. The van der Waals surface area contributed by atoms with Gasteiger partial charge in [0, 0.05) is 17.9 Å². The maximum atomic E-state index is 11.7. The van der Waals surface area contributed by atoms with Crippen LogP contribution in [0.3, 0.4) is 0 Å². The molecule has 0 spiro atoms. The molecule has 0 bridgehead atoms. The number of ether oxygens (including phenoxy) is 1. The summed E-state index contributed by atoms with van der Waals surface area (Å²) in [6.07, 6.45) is 16.8. The highest BCUT2D eigenvalue weighted by Gasteiger charge is 2.53. The van der Waals surface area contributed by atoms with E-state index in [1.54, 1.807) is 0 Å². The van der Waals surface area contributed by atoms with Gasteiger partial charge in [0.25, 0.3) is 0 Å². The van der Waals surface area contributed by atoms with Gasteiger partial charge in [0.15, 0.2) is 5.54 Å². The SMILES string of the molecule is CCCCCCC1(CCCCCC/C=C/C[C@H]2OC(=O)[C@](N)(CO)[C@H]2O)SCCS1. The lowest BCUT2D eigenvalue weighted by molar-refractivity contribution is -0.146. The molecule has 2 rings (SSSR count). The first-order chi connectivity index (χ1) is 14.5. The maximum Gasteiger partial charge on any atom is 0.331 e. The van der Waals surface area contributed by atoms with Crippen molar-refractivity contribution in [2.45, 2.75) is 106 Å². The van der Waals surface area contributed by atoms with Gasteiger partial charge in [0.1, 0.15) is 12.2 Å². The zero-order chi connectivity index (χ0) is 21.9. The molecule has 5 nitrogen and oxygen atoms in total. The highest BCUT2D eigenvalue weighted by Crippen LogP contribution is 2.50. The number of cyclic esters (lactones) is 1. The summed E-state index contributed by atoms with van der Waals surface area (Å²) < 4.78 is 5.61. The summed E-state index contributed by atoms with van der Waals surface area (Å²) in [5.41, 5.74) is 4.05. The highest BCUT2D eigenvalue weighted by molar-refractivity contribution is 8.21. The van der Waals surface area contributed by atoms with E-state index in [0.29, 0.717) is 10.5 Å². The number of carbonyl (C=O) groups is 1. The van der Waals surface area contributed by atoms with Gasteiger partial charge < -0.3 is 20.7 Å². The Morgan fingerprint density at radius 3 is 2.30 bits per heavy atom. The average Bonchev–Trinajstić information content (AvgIpc) is 3.29. The second-order valence-corrected chi connectivity index (χ2v) is 11.9. The number of hydrogen-bond donors (Lipinski definition) is 3. The van der Waals surface area contributed by atoms with E-state index in [1.807, 2.05) is 6.08 Å². The third kappa shape index (κ3) is 7.44. The average molecular weight is 460 g/mol. The predicted molar refractivity (Wildman–Crippen MR) is 128 cm³/mol. The molecule has 0 aromatic carbocycles. The van der Waals surface area contributed by atoms with Crippen molar-refractivity contribution >= 4 is 29.5 Å². The molecule has 174 valence electrons. The minimum atomic E-state index is -1.68. The molecule has 2 fully saturated rings. The monoisotopic (exact) mass is 459 g/mol. The van der Waals surface area contributed by atoms with E-state index in [0.717, 1.165) is 12.8 Å². The van der Waals surface area contributed by atoms with Crippen LogP contribution < -0.4 is 5.73 Å². The van der Waals surface area contributed by atoms with Crippen molar-refractivity contribution in [1.29, 1.82) is 0 Å². The van der Waals surface area contributed by atoms with Crippen LogP contribution in [0.5, 0.6) is 0 Å². The summed E-state index contributed by atoms with van der Waals surface area (Å²) in [7, 11) is 0. The number of allylic oxidation sites excluding steroid dienone is 1. The number of unbranched alkanes of at least 4 members (excludes halogenated alkanes) is 7. The van der Waals surface area contributed by atoms with Crippen molar-refractivity contribution < 1.29 is 19.7 Å². The van der Waals surface area contributed by atoms with Crippen LogP contribution in [0.2, 0.25) is 0 Å². The van der Waals surface area contributed by atoms with Crippen LogP contribution in [-0.4, -0.2) is 56.1 Å². The van der Waals surface area contributed by atoms with E-state index in [2.05, 4.69) is 36.5 Å². The van der Waals surface area contributed by atoms with Crippen LogP contribution in [0.1, 0.15) is 84.0 Å². The Labute approximate surface area is 191 Å². The Morgan fingerprint density at radius 2 is 1.70 bits per heavy atom. The van der Waals surface area contributed by atoms with Crippen molar-refractivity contribution in [2.75, 3.05) is 18.1 Å². The Kier molecular flexibility index (Phi) is 11.6. The number of nitrogens with two attached hydrogens (primary N) is 1. The fraction of sp³-hybridized carbons (Fsp3) is 0.870. The first kappa shape index (κ1) is 26.0. The molecule has 2 saturated heterocycles. The molecule has 0 aromatic rings.